The van der Waals surface area contributed by atoms with Gasteiger partial charge in [-0.2, -0.15) is 0 Å². The Morgan fingerprint density at radius 3 is 0.917 bits per heavy atom. The van der Waals surface area contributed by atoms with Crippen LogP contribution in [-0.4, -0.2) is 25.8 Å². The summed E-state index contributed by atoms with van der Waals surface area (Å²) in [7, 11) is 0. The zero-order chi connectivity index (χ0) is 26.6. The van der Waals surface area contributed by atoms with E-state index in [1.54, 1.807) is 0 Å². The number of hydrogen-bond donors (Lipinski definition) is 0. The molecule has 218 valence electrons. The van der Waals surface area contributed by atoms with Gasteiger partial charge in [-0.3, -0.25) is 0 Å². The first-order valence-electron chi connectivity index (χ1n) is 16.6. The van der Waals surface area contributed by atoms with E-state index in [0.29, 0.717) is 25.7 Å². The molecule has 1 unspecified atom stereocenters. The Morgan fingerprint density at radius 1 is 0.361 bits per heavy atom. The fourth-order valence-electron chi connectivity index (χ4n) is 5.11. The molecule has 36 heavy (non-hydrogen) atoms. The van der Waals surface area contributed by atoms with Crippen LogP contribution in [0.15, 0.2) is 0 Å². The third-order valence-electron chi connectivity index (χ3n) is 7.33. The molecule has 0 heterocycles. The summed E-state index contributed by atoms with van der Waals surface area (Å²) >= 11 is 0. The van der Waals surface area contributed by atoms with E-state index < -0.39 is 5.97 Å². The van der Waals surface area contributed by atoms with Gasteiger partial charge in [0.25, 0.3) is 5.97 Å². The highest BCUT2D eigenvalue weighted by Gasteiger charge is 2.41. The molecule has 0 saturated carbocycles. The zero-order valence-electron chi connectivity index (χ0n) is 25.7. The average Bonchev–Trinajstić information content (AvgIpc) is 2.90. The van der Waals surface area contributed by atoms with Crippen molar-refractivity contribution in [3.63, 3.8) is 0 Å². The molecule has 0 aliphatic heterocycles. The molecule has 0 saturated heterocycles. The summed E-state index contributed by atoms with van der Waals surface area (Å²) in [6.07, 6.45) is 30.0. The summed E-state index contributed by atoms with van der Waals surface area (Å²) < 4.78 is 19.4. The second-order valence-corrected chi connectivity index (χ2v) is 11.1. The Labute approximate surface area is 228 Å². The van der Waals surface area contributed by atoms with Gasteiger partial charge in [0, 0.05) is 5.92 Å². The zero-order valence-corrected chi connectivity index (χ0v) is 25.7. The normalized spacial score (nSPS) is 12.9. The molecule has 3 nitrogen and oxygen atoms in total. The molecule has 0 N–H and O–H groups in total. The number of unbranched alkanes of at least 4 members (excludes halogenated alkanes) is 16. The van der Waals surface area contributed by atoms with Crippen LogP contribution in [-0.2, 0) is 14.2 Å². The van der Waals surface area contributed by atoms with E-state index in [9.17, 15) is 0 Å². The van der Waals surface area contributed by atoms with E-state index in [1.807, 2.05) is 0 Å². The van der Waals surface area contributed by atoms with E-state index in [-0.39, 0.29) is 0 Å². The third kappa shape index (κ3) is 19.9. The van der Waals surface area contributed by atoms with Gasteiger partial charge in [0.1, 0.15) is 0 Å². The molecule has 0 bridgehead atoms. The molecule has 0 spiro atoms. The first-order chi connectivity index (χ1) is 17.7. The van der Waals surface area contributed by atoms with E-state index in [2.05, 4.69) is 34.6 Å². The Kier molecular flexibility index (Phi) is 27.8. The minimum absolute atomic E-state index is 0.330. The van der Waals surface area contributed by atoms with E-state index in [0.717, 1.165) is 32.1 Å². The fourth-order valence-corrected chi connectivity index (χ4v) is 5.11. The molecule has 0 aromatic carbocycles. The molecule has 0 aromatic heterocycles. The molecule has 0 aromatic rings. The predicted molar refractivity (Wildman–Crippen MR) is 159 cm³/mol. The molecule has 0 fully saturated rings. The van der Waals surface area contributed by atoms with Crippen molar-refractivity contribution in [2.24, 2.45) is 5.92 Å². The summed E-state index contributed by atoms with van der Waals surface area (Å²) in [4.78, 5) is 0. The van der Waals surface area contributed by atoms with Crippen LogP contribution in [0, 0.1) is 5.92 Å². The Hall–Kier alpha value is -0.120. The molecule has 0 aliphatic carbocycles. The maximum atomic E-state index is 6.45. The molecule has 3 heteroatoms. The molecule has 0 amide bonds. The van der Waals surface area contributed by atoms with Crippen molar-refractivity contribution in [1.29, 1.82) is 0 Å². The van der Waals surface area contributed by atoms with Crippen LogP contribution in [0.2, 0.25) is 0 Å². The van der Waals surface area contributed by atoms with Crippen molar-refractivity contribution in [2.45, 2.75) is 188 Å². The van der Waals surface area contributed by atoms with E-state index >= 15 is 0 Å². The summed E-state index contributed by atoms with van der Waals surface area (Å²) in [6, 6.07) is 0. The van der Waals surface area contributed by atoms with Gasteiger partial charge < -0.3 is 14.2 Å². The second-order valence-electron chi connectivity index (χ2n) is 11.1. The minimum atomic E-state index is -0.844. The number of rotatable bonds is 30. The Morgan fingerprint density at radius 2 is 0.639 bits per heavy atom. The molecular formula is C33H68O3. The fraction of sp³-hybridized carbons (Fsp3) is 1.00. The largest absolute Gasteiger partial charge is 0.327 e. The first-order valence-corrected chi connectivity index (χ1v) is 16.6. The van der Waals surface area contributed by atoms with Crippen LogP contribution in [0.3, 0.4) is 0 Å². The lowest BCUT2D eigenvalue weighted by Gasteiger charge is -2.40. The van der Waals surface area contributed by atoms with Gasteiger partial charge in [0.05, 0.1) is 19.8 Å². The molecule has 1 atom stereocenters. The average molecular weight is 513 g/mol. The number of ether oxygens (including phenoxy) is 3. The van der Waals surface area contributed by atoms with Crippen LogP contribution in [0.25, 0.3) is 0 Å². The standard InChI is InChI=1S/C33H68O3/c1-6-11-13-15-17-18-19-20-21-22-24-26-28-32(27-25-23-16-14-12-7-2)33(34-29-8-3,35-30-9-4)36-31-10-5/h32H,6-31H2,1-5H3. The van der Waals surface area contributed by atoms with Crippen molar-refractivity contribution in [2.75, 3.05) is 19.8 Å². The SMILES string of the molecule is CCCCCCCCCCCCCCC(CCCCCCCC)C(OCCC)(OCCC)OCCC. The summed E-state index contributed by atoms with van der Waals surface area (Å²) in [6.45, 7) is 13.2. The Bertz CT molecular complexity index is 390. The topological polar surface area (TPSA) is 27.7 Å². The van der Waals surface area contributed by atoms with Gasteiger partial charge in [-0.25, -0.2) is 0 Å². The van der Waals surface area contributed by atoms with Crippen molar-refractivity contribution in [1.82, 2.24) is 0 Å². The monoisotopic (exact) mass is 513 g/mol. The summed E-state index contributed by atoms with van der Waals surface area (Å²) in [5, 5.41) is 0. The number of hydrogen-bond acceptors (Lipinski definition) is 3. The van der Waals surface area contributed by atoms with Crippen LogP contribution in [0.5, 0.6) is 0 Å². The van der Waals surface area contributed by atoms with Crippen LogP contribution >= 0.6 is 0 Å². The summed E-state index contributed by atoms with van der Waals surface area (Å²) in [5.74, 6) is -0.514. The lowest BCUT2D eigenvalue weighted by molar-refractivity contribution is -0.406. The van der Waals surface area contributed by atoms with Gasteiger partial charge in [-0.1, -0.05) is 150 Å². The highest BCUT2D eigenvalue weighted by atomic mass is 16.9. The van der Waals surface area contributed by atoms with Gasteiger partial charge >= 0.3 is 0 Å². The van der Waals surface area contributed by atoms with Gasteiger partial charge in [-0.05, 0) is 32.1 Å². The van der Waals surface area contributed by atoms with Gasteiger partial charge in [0.2, 0.25) is 0 Å². The summed E-state index contributed by atoms with van der Waals surface area (Å²) in [5.41, 5.74) is 0. The first kappa shape index (κ1) is 35.9. The van der Waals surface area contributed by atoms with Crippen molar-refractivity contribution >= 4 is 0 Å². The molecular weight excluding hydrogens is 444 g/mol. The van der Waals surface area contributed by atoms with Crippen LogP contribution in [0.4, 0.5) is 0 Å². The maximum absolute atomic E-state index is 6.45. The van der Waals surface area contributed by atoms with E-state index in [1.165, 1.54) is 116 Å². The molecule has 0 aliphatic rings. The maximum Gasteiger partial charge on any atom is 0.285 e. The van der Waals surface area contributed by atoms with Crippen LogP contribution < -0.4 is 0 Å². The lowest BCUT2D eigenvalue weighted by atomic mass is 9.91. The van der Waals surface area contributed by atoms with Crippen molar-refractivity contribution in [3.8, 4) is 0 Å². The lowest BCUT2D eigenvalue weighted by Crippen LogP contribution is -2.47. The Balaban J connectivity index is 4.70. The third-order valence-corrected chi connectivity index (χ3v) is 7.33. The van der Waals surface area contributed by atoms with Gasteiger partial charge in [0.15, 0.2) is 0 Å². The van der Waals surface area contributed by atoms with Crippen LogP contribution in [0.1, 0.15) is 182 Å². The minimum Gasteiger partial charge on any atom is -0.327 e. The van der Waals surface area contributed by atoms with Crippen molar-refractivity contribution in [3.05, 3.63) is 0 Å². The second kappa shape index (κ2) is 27.9. The quantitative estimate of drug-likeness (QED) is 0.0707. The highest BCUT2D eigenvalue weighted by Crippen LogP contribution is 2.35. The van der Waals surface area contributed by atoms with Crippen molar-refractivity contribution < 1.29 is 14.2 Å². The molecule has 0 radical (unpaired) electrons. The molecule has 0 rings (SSSR count). The smallest absolute Gasteiger partial charge is 0.285 e. The van der Waals surface area contributed by atoms with Gasteiger partial charge in [-0.15, -0.1) is 0 Å². The highest BCUT2D eigenvalue weighted by molar-refractivity contribution is 4.74. The van der Waals surface area contributed by atoms with E-state index in [4.69, 9.17) is 14.2 Å². The predicted octanol–water partition coefficient (Wildman–Crippen LogP) is 11.4.